The van der Waals surface area contributed by atoms with E-state index in [0.717, 1.165) is 18.0 Å². The summed E-state index contributed by atoms with van der Waals surface area (Å²) in [6.45, 7) is 6.64. The van der Waals surface area contributed by atoms with Crippen LogP contribution < -0.4 is 11.1 Å². The third-order valence-electron chi connectivity index (χ3n) is 3.53. The lowest BCUT2D eigenvalue weighted by molar-refractivity contribution is 0.0827. The van der Waals surface area contributed by atoms with E-state index in [4.69, 9.17) is 5.73 Å². The lowest BCUT2D eigenvalue weighted by Crippen LogP contribution is -2.22. The van der Waals surface area contributed by atoms with Crippen molar-refractivity contribution in [2.24, 2.45) is 5.92 Å². The summed E-state index contributed by atoms with van der Waals surface area (Å²) in [7, 11) is 3.50. The summed E-state index contributed by atoms with van der Waals surface area (Å²) in [5, 5.41) is 3.42. The van der Waals surface area contributed by atoms with Crippen LogP contribution >= 0.6 is 0 Å². The Morgan fingerprint density at radius 1 is 1.24 bits per heavy atom. The Bertz CT molecular complexity index is 469. The summed E-state index contributed by atoms with van der Waals surface area (Å²) in [6.07, 6.45) is 3.53. The van der Waals surface area contributed by atoms with Crippen LogP contribution in [0, 0.1) is 5.92 Å². The maximum atomic E-state index is 12.0. The third kappa shape index (κ3) is 5.66. The van der Waals surface area contributed by atoms with Crippen molar-refractivity contribution in [3.8, 4) is 0 Å². The maximum absolute atomic E-state index is 12.0. The Labute approximate surface area is 128 Å². The van der Waals surface area contributed by atoms with Gasteiger partial charge in [-0.15, -0.1) is 0 Å². The first-order chi connectivity index (χ1) is 9.81. The molecule has 0 aromatic heterocycles. The van der Waals surface area contributed by atoms with Gasteiger partial charge in [0.25, 0.3) is 5.91 Å². The molecule has 1 amide bonds. The molecule has 4 heteroatoms. The van der Waals surface area contributed by atoms with Crippen molar-refractivity contribution in [1.82, 2.24) is 4.90 Å². The number of carbonyl (C=O) groups is 1. The monoisotopic (exact) mass is 291 g/mol. The Kier molecular flexibility index (Phi) is 6.53. The van der Waals surface area contributed by atoms with E-state index < -0.39 is 0 Å². The van der Waals surface area contributed by atoms with E-state index in [0.29, 0.717) is 17.3 Å². The van der Waals surface area contributed by atoms with Crippen molar-refractivity contribution < 1.29 is 4.79 Å². The van der Waals surface area contributed by atoms with Gasteiger partial charge in [0.05, 0.1) is 11.4 Å². The predicted octanol–water partition coefficient (Wildman–Crippen LogP) is 3.60. The van der Waals surface area contributed by atoms with E-state index in [2.05, 4.69) is 26.1 Å². The topological polar surface area (TPSA) is 58.4 Å². The highest BCUT2D eigenvalue weighted by Gasteiger charge is 2.11. The van der Waals surface area contributed by atoms with Crippen LogP contribution in [0.3, 0.4) is 0 Å². The molecule has 118 valence electrons. The highest BCUT2D eigenvalue weighted by molar-refractivity contribution is 5.95. The molecule has 21 heavy (non-hydrogen) atoms. The standard InChI is InChI=1S/C17H29N3O/c1-12(2)7-6-8-13(3)19-16-11-14(9-10-15(16)18)17(21)20(4)5/h9-13,19H,6-8,18H2,1-5H3. The van der Waals surface area contributed by atoms with Gasteiger partial charge in [-0.2, -0.15) is 0 Å². The van der Waals surface area contributed by atoms with Gasteiger partial charge in [0, 0.05) is 25.7 Å². The van der Waals surface area contributed by atoms with Gasteiger partial charge >= 0.3 is 0 Å². The quantitative estimate of drug-likeness (QED) is 0.755. The molecule has 0 bridgehead atoms. The summed E-state index contributed by atoms with van der Waals surface area (Å²) >= 11 is 0. The number of benzene rings is 1. The number of nitrogen functional groups attached to an aromatic ring is 1. The molecule has 1 rings (SSSR count). The molecule has 0 radical (unpaired) electrons. The lowest BCUT2D eigenvalue weighted by atomic mass is 10.0. The molecule has 1 aromatic carbocycles. The molecule has 0 saturated carbocycles. The smallest absolute Gasteiger partial charge is 0.253 e. The normalized spacial score (nSPS) is 12.3. The first-order valence-electron chi connectivity index (χ1n) is 7.69. The van der Waals surface area contributed by atoms with Gasteiger partial charge in [0.1, 0.15) is 0 Å². The zero-order chi connectivity index (χ0) is 16.0. The molecule has 4 nitrogen and oxygen atoms in total. The Morgan fingerprint density at radius 2 is 1.90 bits per heavy atom. The average molecular weight is 291 g/mol. The van der Waals surface area contributed by atoms with Gasteiger partial charge in [-0.3, -0.25) is 4.79 Å². The van der Waals surface area contributed by atoms with Gasteiger partial charge in [0.2, 0.25) is 0 Å². The van der Waals surface area contributed by atoms with Crippen molar-refractivity contribution in [1.29, 1.82) is 0 Å². The van der Waals surface area contributed by atoms with Crippen LogP contribution in [0.25, 0.3) is 0 Å². The number of nitrogens with one attached hydrogen (secondary N) is 1. The first kappa shape index (κ1) is 17.3. The Balaban J connectivity index is 2.69. The van der Waals surface area contributed by atoms with Crippen LogP contribution in [0.4, 0.5) is 11.4 Å². The fourth-order valence-corrected chi connectivity index (χ4v) is 2.24. The van der Waals surface area contributed by atoms with Gasteiger partial charge in [-0.25, -0.2) is 0 Å². The molecular weight excluding hydrogens is 262 g/mol. The van der Waals surface area contributed by atoms with Crippen LogP contribution in [0.15, 0.2) is 18.2 Å². The molecule has 0 saturated heterocycles. The number of carbonyl (C=O) groups excluding carboxylic acids is 1. The summed E-state index contributed by atoms with van der Waals surface area (Å²) in [6, 6.07) is 5.75. The first-order valence-corrected chi connectivity index (χ1v) is 7.69. The number of nitrogens with zero attached hydrogens (tertiary/aromatic N) is 1. The number of anilines is 2. The molecule has 3 N–H and O–H groups in total. The molecule has 0 fully saturated rings. The second-order valence-electron chi connectivity index (χ2n) is 6.37. The molecular formula is C17H29N3O. The summed E-state index contributed by atoms with van der Waals surface area (Å²) in [5.41, 5.74) is 8.19. The second kappa shape index (κ2) is 7.91. The fraction of sp³-hybridized carbons (Fsp3) is 0.588. The fourth-order valence-electron chi connectivity index (χ4n) is 2.24. The van der Waals surface area contributed by atoms with Crippen molar-refractivity contribution in [3.63, 3.8) is 0 Å². The highest BCUT2D eigenvalue weighted by atomic mass is 16.2. The predicted molar refractivity (Wildman–Crippen MR) is 90.6 cm³/mol. The lowest BCUT2D eigenvalue weighted by Gasteiger charge is -2.18. The molecule has 0 spiro atoms. The van der Waals surface area contributed by atoms with Crippen molar-refractivity contribution in [3.05, 3.63) is 23.8 Å². The minimum Gasteiger partial charge on any atom is -0.397 e. The van der Waals surface area contributed by atoms with Crippen molar-refractivity contribution >= 4 is 17.3 Å². The number of hydrogen-bond donors (Lipinski definition) is 2. The second-order valence-corrected chi connectivity index (χ2v) is 6.37. The molecule has 0 aliphatic carbocycles. The minimum atomic E-state index is -0.00879. The van der Waals surface area contributed by atoms with E-state index in [1.807, 2.05) is 6.07 Å². The van der Waals surface area contributed by atoms with Crippen LogP contribution in [-0.4, -0.2) is 30.9 Å². The SMILES string of the molecule is CC(C)CCCC(C)Nc1cc(C(=O)N(C)C)ccc1N. The Hall–Kier alpha value is -1.71. The zero-order valence-electron chi connectivity index (χ0n) is 13.9. The largest absolute Gasteiger partial charge is 0.397 e. The van der Waals surface area contributed by atoms with Crippen LogP contribution in [0.2, 0.25) is 0 Å². The maximum Gasteiger partial charge on any atom is 0.253 e. The van der Waals surface area contributed by atoms with E-state index >= 15 is 0 Å². The van der Waals surface area contributed by atoms with E-state index in [9.17, 15) is 4.79 Å². The summed E-state index contributed by atoms with van der Waals surface area (Å²) < 4.78 is 0. The Morgan fingerprint density at radius 3 is 2.48 bits per heavy atom. The summed E-state index contributed by atoms with van der Waals surface area (Å²) in [4.78, 5) is 13.6. The molecule has 1 aromatic rings. The van der Waals surface area contributed by atoms with Crippen LogP contribution in [0.1, 0.15) is 50.4 Å². The molecule has 0 aliphatic heterocycles. The van der Waals surface area contributed by atoms with Crippen molar-refractivity contribution in [2.75, 3.05) is 25.1 Å². The molecule has 1 unspecified atom stereocenters. The molecule has 0 heterocycles. The number of hydrogen-bond acceptors (Lipinski definition) is 3. The van der Waals surface area contributed by atoms with Crippen molar-refractivity contribution in [2.45, 2.75) is 46.1 Å². The van der Waals surface area contributed by atoms with Gasteiger partial charge in [-0.1, -0.05) is 26.7 Å². The van der Waals surface area contributed by atoms with E-state index in [-0.39, 0.29) is 5.91 Å². The zero-order valence-corrected chi connectivity index (χ0v) is 13.9. The number of rotatable bonds is 7. The van der Waals surface area contributed by atoms with Crippen LogP contribution in [0.5, 0.6) is 0 Å². The third-order valence-corrected chi connectivity index (χ3v) is 3.53. The van der Waals surface area contributed by atoms with Crippen LogP contribution in [-0.2, 0) is 0 Å². The van der Waals surface area contributed by atoms with E-state index in [1.54, 1.807) is 31.1 Å². The number of nitrogens with two attached hydrogens (primary N) is 1. The molecule has 1 atom stereocenters. The van der Waals surface area contributed by atoms with Gasteiger partial charge in [0.15, 0.2) is 0 Å². The van der Waals surface area contributed by atoms with Gasteiger partial charge < -0.3 is 16.0 Å². The summed E-state index contributed by atoms with van der Waals surface area (Å²) in [5.74, 6) is 0.730. The minimum absolute atomic E-state index is 0.00879. The van der Waals surface area contributed by atoms with E-state index in [1.165, 1.54) is 12.8 Å². The highest BCUT2D eigenvalue weighted by Crippen LogP contribution is 2.22. The molecule has 0 aliphatic rings. The number of amides is 1. The average Bonchev–Trinajstić information content (AvgIpc) is 2.39. The van der Waals surface area contributed by atoms with Gasteiger partial charge in [-0.05, 0) is 37.5 Å².